The molecule has 7 nitrogen and oxygen atoms in total. The van der Waals surface area contributed by atoms with E-state index in [4.69, 9.17) is 5.11 Å². The summed E-state index contributed by atoms with van der Waals surface area (Å²) in [6.45, 7) is 5.39. The number of aliphatic hydroxyl groups excluding tert-OH is 1. The van der Waals surface area contributed by atoms with Gasteiger partial charge >= 0.3 is 12.1 Å². The number of hydrogen-bond acceptors (Lipinski definition) is 6. The smallest absolute Gasteiger partial charge is 0.416 e. The Morgan fingerprint density at radius 3 is 2.42 bits per heavy atom. The van der Waals surface area contributed by atoms with Crippen molar-refractivity contribution in [2.75, 3.05) is 20.1 Å². The Morgan fingerprint density at radius 1 is 1.12 bits per heavy atom. The molecule has 0 saturated carbocycles. The number of alkyl halides is 3. The van der Waals surface area contributed by atoms with E-state index in [2.05, 4.69) is 17.4 Å². The Kier molecular flexibility index (Phi) is 11.4. The first kappa shape index (κ1) is 34.5. The van der Waals surface area contributed by atoms with Crippen LogP contribution in [0.15, 0.2) is 65.6 Å². The number of carboxylic acid groups (broad SMARTS) is 1. The van der Waals surface area contributed by atoms with Crippen LogP contribution in [-0.2, 0) is 27.4 Å². The average Bonchev–Trinajstić information content (AvgIpc) is 3.31. The molecule has 1 heterocycles. The number of aryl methyl sites for hydroxylation is 2. The van der Waals surface area contributed by atoms with Crippen LogP contribution in [0.3, 0.4) is 0 Å². The van der Waals surface area contributed by atoms with E-state index in [0.717, 1.165) is 47.0 Å². The van der Waals surface area contributed by atoms with Crippen molar-refractivity contribution in [1.82, 2.24) is 9.62 Å². The number of aliphatic hydroxyl groups is 1. The van der Waals surface area contributed by atoms with Gasteiger partial charge in [-0.2, -0.15) is 17.5 Å². The summed E-state index contributed by atoms with van der Waals surface area (Å²) in [7, 11) is -3.20. The fourth-order valence-corrected chi connectivity index (χ4v) is 6.92. The highest BCUT2D eigenvalue weighted by molar-refractivity contribution is 7.89. The highest BCUT2D eigenvalue weighted by Crippen LogP contribution is 2.39. The van der Waals surface area contributed by atoms with E-state index in [0.29, 0.717) is 21.4 Å². The molecule has 234 valence electrons. The van der Waals surface area contributed by atoms with Crippen molar-refractivity contribution in [2.45, 2.75) is 62.7 Å². The molecule has 3 rings (SSSR count). The quantitative estimate of drug-likeness (QED) is 0.181. The third-order valence-corrected chi connectivity index (χ3v) is 9.98. The highest BCUT2D eigenvalue weighted by atomic mass is 32.2. The van der Waals surface area contributed by atoms with Crippen LogP contribution >= 0.6 is 11.3 Å². The molecule has 0 spiro atoms. The largest absolute Gasteiger partial charge is 0.478 e. The number of nitrogens with zero attached hydrogens (tertiary/aromatic N) is 1. The molecule has 1 atom stereocenters. The zero-order chi connectivity index (χ0) is 32.0. The second-order valence-electron chi connectivity index (χ2n) is 11.1. The molecule has 2 aromatic carbocycles. The highest BCUT2D eigenvalue weighted by Gasteiger charge is 2.34. The number of carboxylic acids is 1. The molecule has 0 aliphatic rings. The molecule has 3 aromatic rings. The van der Waals surface area contributed by atoms with Crippen molar-refractivity contribution < 1.29 is 36.6 Å². The van der Waals surface area contributed by atoms with Gasteiger partial charge in [0.25, 0.3) is 0 Å². The number of aliphatic carboxylic acids is 1. The summed E-state index contributed by atoms with van der Waals surface area (Å²) in [5, 5.41) is 22.8. The third-order valence-electron chi connectivity index (χ3n) is 6.93. The van der Waals surface area contributed by atoms with Crippen LogP contribution in [0.2, 0.25) is 0 Å². The van der Waals surface area contributed by atoms with Crippen molar-refractivity contribution in [1.29, 1.82) is 0 Å². The van der Waals surface area contributed by atoms with E-state index >= 15 is 0 Å². The van der Waals surface area contributed by atoms with Gasteiger partial charge in [0.2, 0.25) is 10.0 Å². The fourth-order valence-electron chi connectivity index (χ4n) is 4.57. The van der Waals surface area contributed by atoms with Gasteiger partial charge in [0.05, 0.1) is 16.6 Å². The standard InChI is InChI=1S/C31H37F3N2O5S2/c1-21-15-26(12-13-28(38)39)42-29(21)23-16-24(31(32,33)34)18-27(17-23)43(40,41)36(4)20-25(37)19-35-30(2,3)14-8-11-22-9-6-5-7-10-22/h5-7,9-10,12-13,15-18,25,35,37H,8,11,14,19-20H2,1-4H3,(H,38,39). The first-order chi connectivity index (χ1) is 20.0. The number of sulfonamides is 1. The molecule has 3 N–H and O–H groups in total. The molecule has 43 heavy (non-hydrogen) atoms. The van der Waals surface area contributed by atoms with Gasteiger partial charge in [0.15, 0.2) is 0 Å². The van der Waals surface area contributed by atoms with E-state index in [1.54, 1.807) is 13.0 Å². The predicted molar refractivity (Wildman–Crippen MR) is 163 cm³/mol. The molecule has 0 bridgehead atoms. The van der Waals surface area contributed by atoms with Crippen molar-refractivity contribution >= 4 is 33.4 Å². The lowest BCUT2D eigenvalue weighted by molar-refractivity contribution is -0.137. The van der Waals surface area contributed by atoms with Gasteiger partial charge in [-0.05, 0) is 87.1 Å². The van der Waals surface area contributed by atoms with Gasteiger partial charge in [0.1, 0.15) is 0 Å². The Hall–Kier alpha value is -3.03. The zero-order valence-electron chi connectivity index (χ0n) is 24.5. The number of nitrogens with one attached hydrogen (secondary N) is 1. The van der Waals surface area contributed by atoms with Crippen LogP contribution in [-0.4, -0.2) is 60.7 Å². The molecule has 0 radical (unpaired) electrons. The first-order valence-electron chi connectivity index (χ1n) is 13.7. The van der Waals surface area contributed by atoms with Gasteiger partial charge in [-0.3, -0.25) is 0 Å². The minimum Gasteiger partial charge on any atom is -0.478 e. The molecule has 0 amide bonds. The summed E-state index contributed by atoms with van der Waals surface area (Å²) in [6, 6.07) is 14.3. The predicted octanol–water partition coefficient (Wildman–Crippen LogP) is 6.21. The molecule has 1 unspecified atom stereocenters. The topological polar surface area (TPSA) is 107 Å². The minimum atomic E-state index is -4.81. The molecule has 0 saturated heterocycles. The Balaban J connectivity index is 1.74. The Bertz CT molecular complexity index is 1530. The number of halogens is 3. The maximum atomic E-state index is 13.8. The molecule has 0 aliphatic carbocycles. The molecular formula is C31H37F3N2O5S2. The summed E-state index contributed by atoms with van der Waals surface area (Å²) < 4.78 is 69.2. The van der Waals surface area contributed by atoms with E-state index in [9.17, 15) is 31.5 Å². The van der Waals surface area contributed by atoms with Crippen molar-refractivity contribution in [3.05, 3.63) is 82.2 Å². The SMILES string of the molecule is Cc1cc(C=CC(=O)O)sc1-c1cc(C(F)(F)F)cc(S(=O)(=O)N(C)CC(O)CNC(C)(C)CCCc2ccccc2)c1. The third kappa shape index (κ3) is 10.0. The van der Waals surface area contributed by atoms with Gasteiger partial charge in [-0.1, -0.05) is 30.3 Å². The summed E-state index contributed by atoms with van der Waals surface area (Å²) >= 11 is 1.05. The molecule has 12 heteroatoms. The number of rotatable bonds is 14. The summed E-state index contributed by atoms with van der Waals surface area (Å²) in [4.78, 5) is 11.2. The molecular weight excluding hydrogens is 601 g/mol. The maximum absolute atomic E-state index is 13.8. The van der Waals surface area contributed by atoms with Gasteiger partial charge in [-0.25, -0.2) is 13.2 Å². The van der Waals surface area contributed by atoms with E-state index < -0.39 is 38.7 Å². The fraction of sp³-hybridized carbons (Fsp3) is 0.387. The lowest BCUT2D eigenvalue weighted by Gasteiger charge is -2.29. The van der Waals surface area contributed by atoms with Gasteiger partial charge < -0.3 is 15.5 Å². The Morgan fingerprint density at radius 2 is 1.79 bits per heavy atom. The average molecular weight is 639 g/mol. The van der Waals surface area contributed by atoms with E-state index in [-0.39, 0.29) is 24.2 Å². The number of carbonyl (C=O) groups is 1. The number of likely N-dealkylation sites (N-methyl/N-ethyl adjacent to an activating group) is 1. The monoisotopic (exact) mass is 638 g/mol. The van der Waals surface area contributed by atoms with Gasteiger partial charge in [-0.15, -0.1) is 11.3 Å². The zero-order valence-corrected chi connectivity index (χ0v) is 26.1. The van der Waals surface area contributed by atoms with E-state index in [1.807, 2.05) is 32.0 Å². The van der Waals surface area contributed by atoms with Crippen molar-refractivity contribution in [3.8, 4) is 10.4 Å². The normalized spacial score (nSPS) is 13.6. The maximum Gasteiger partial charge on any atom is 0.416 e. The van der Waals surface area contributed by atoms with Gasteiger partial charge in [0, 0.05) is 41.5 Å². The summed E-state index contributed by atoms with van der Waals surface area (Å²) in [5.74, 6) is -1.17. The lowest BCUT2D eigenvalue weighted by atomic mass is 9.95. The minimum absolute atomic E-state index is 0.0405. The number of β-amino-alcohol motifs (C(OH)–C–C–N with tert-alkyl or cyclic N) is 1. The lowest BCUT2D eigenvalue weighted by Crippen LogP contribution is -2.46. The van der Waals surface area contributed by atoms with Crippen LogP contribution in [0, 0.1) is 6.92 Å². The van der Waals surface area contributed by atoms with E-state index in [1.165, 1.54) is 24.8 Å². The molecule has 0 aliphatic heterocycles. The van der Waals surface area contributed by atoms with Crippen LogP contribution in [0.4, 0.5) is 13.2 Å². The van der Waals surface area contributed by atoms with Crippen molar-refractivity contribution in [2.24, 2.45) is 0 Å². The number of thiophene rings is 1. The number of benzene rings is 2. The van der Waals surface area contributed by atoms with Crippen LogP contribution in [0.1, 0.15) is 48.3 Å². The molecule has 1 aromatic heterocycles. The Labute approximate surface area is 254 Å². The second-order valence-corrected chi connectivity index (χ2v) is 14.2. The van der Waals surface area contributed by atoms with Crippen LogP contribution < -0.4 is 5.32 Å². The summed E-state index contributed by atoms with van der Waals surface area (Å²) in [5.41, 5.74) is 0.373. The number of hydrogen-bond donors (Lipinski definition) is 3. The second kappa shape index (κ2) is 14.2. The van der Waals surface area contributed by atoms with Crippen LogP contribution in [0.25, 0.3) is 16.5 Å². The molecule has 0 fully saturated rings. The van der Waals surface area contributed by atoms with Crippen molar-refractivity contribution in [3.63, 3.8) is 0 Å². The summed E-state index contributed by atoms with van der Waals surface area (Å²) in [6.07, 6.45) is -1.06. The van der Waals surface area contributed by atoms with Crippen LogP contribution in [0.5, 0.6) is 0 Å². The first-order valence-corrected chi connectivity index (χ1v) is 15.9.